The monoisotopic (exact) mass is 527 g/mol. The summed E-state index contributed by atoms with van der Waals surface area (Å²) in [6, 6.07) is 9.78. The Balaban J connectivity index is 0.00000256. The molecule has 1 fully saturated rings. The van der Waals surface area contributed by atoms with Gasteiger partial charge >= 0.3 is 0 Å². The van der Waals surface area contributed by atoms with Crippen molar-refractivity contribution in [2.45, 2.75) is 18.9 Å². The molecule has 1 saturated heterocycles. The first-order valence-electron chi connectivity index (χ1n) is 9.60. The number of guanidine groups is 1. The van der Waals surface area contributed by atoms with E-state index in [1.54, 1.807) is 11.9 Å². The molecule has 4 rings (SSSR count). The minimum atomic E-state index is -0.534. The van der Waals surface area contributed by atoms with Crippen LogP contribution in [0.25, 0.3) is 5.65 Å². The average Bonchev–Trinajstić information content (AvgIpc) is 3.34. The maximum atomic E-state index is 14.0. The summed E-state index contributed by atoms with van der Waals surface area (Å²) in [6.45, 7) is 1.72. The van der Waals surface area contributed by atoms with Gasteiger partial charge in [0.05, 0.1) is 0 Å². The van der Waals surface area contributed by atoms with Crippen LogP contribution < -0.4 is 15.5 Å². The van der Waals surface area contributed by atoms with Crippen LogP contribution in [0, 0.1) is 11.6 Å². The Morgan fingerprint density at radius 1 is 1.17 bits per heavy atom. The van der Waals surface area contributed by atoms with Gasteiger partial charge in [0.15, 0.2) is 11.6 Å². The number of benzene rings is 1. The van der Waals surface area contributed by atoms with Crippen molar-refractivity contribution in [3.8, 4) is 0 Å². The Morgan fingerprint density at radius 3 is 2.73 bits per heavy atom. The van der Waals surface area contributed by atoms with Crippen LogP contribution in [0.2, 0.25) is 0 Å². The fourth-order valence-electron chi connectivity index (χ4n) is 3.61. The number of aromatic nitrogens is 3. The molecule has 0 aliphatic carbocycles. The number of aliphatic imine (C=N–C) groups is 1. The zero-order valence-electron chi connectivity index (χ0n) is 16.6. The van der Waals surface area contributed by atoms with Gasteiger partial charge in [-0.25, -0.2) is 8.78 Å². The molecule has 7 nitrogen and oxygen atoms in total. The SMILES string of the molecule is CN=C(NCCc1nnc2ccccn12)NC1CCN(c2c(F)cccc2F)C1.I. The van der Waals surface area contributed by atoms with Crippen LogP contribution in [0.15, 0.2) is 47.6 Å². The zero-order chi connectivity index (χ0) is 20.2. The molecule has 3 aromatic rings. The van der Waals surface area contributed by atoms with Gasteiger partial charge in [0.2, 0.25) is 0 Å². The number of hydrogen-bond acceptors (Lipinski definition) is 4. The van der Waals surface area contributed by atoms with E-state index >= 15 is 0 Å². The molecule has 1 unspecified atom stereocenters. The molecular formula is C20H24F2IN7. The molecule has 1 aliphatic rings. The molecule has 0 bridgehead atoms. The van der Waals surface area contributed by atoms with Crippen molar-refractivity contribution < 1.29 is 8.78 Å². The highest BCUT2D eigenvalue weighted by molar-refractivity contribution is 14.0. The lowest BCUT2D eigenvalue weighted by Crippen LogP contribution is -2.45. The summed E-state index contributed by atoms with van der Waals surface area (Å²) in [5.74, 6) is 0.452. The van der Waals surface area contributed by atoms with E-state index in [0.717, 1.165) is 17.9 Å². The molecule has 160 valence electrons. The molecule has 0 spiro atoms. The average molecular weight is 527 g/mol. The fourth-order valence-corrected chi connectivity index (χ4v) is 3.61. The molecule has 1 atom stereocenters. The Hall–Kier alpha value is -2.50. The number of hydrogen-bond donors (Lipinski definition) is 2. The van der Waals surface area contributed by atoms with Crippen LogP contribution in [0.5, 0.6) is 0 Å². The second-order valence-electron chi connectivity index (χ2n) is 6.94. The van der Waals surface area contributed by atoms with Gasteiger partial charge in [-0.05, 0) is 30.7 Å². The number of rotatable bonds is 5. The van der Waals surface area contributed by atoms with E-state index in [4.69, 9.17) is 0 Å². The maximum Gasteiger partial charge on any atom is 0.191 e. The number of nitrogens with zero attached hydrogens (tertiary/aromatic N) is 5. The van der Waals surface area contributed by atoms with Crippen molar-refractivity contribution in [1.29, 1.82) is 0 Å². The van der Waals surface area contributed by atoms with E-state index in [2.05, 4.69) is 25.8 Å². The highest BCUT2D eigenvalue weighted by Gasteiger charge is 2.27. The van der Waals surface area contributed by atoms with Crippen molar-refractivity contribution in [1.82, 2.24) is 25.2 Å². The molecule has 0 amide bonds. The maximum absolute atomic E-state index is 14.0. The number of anilines is 1. The first kappa shape index (κ1) is 22.2. The zero-order valence-corrected chi connectivity index (χ0v) is 18.9. The van der Waals surface area contributed by atoms with E-state index in [-0.39, 0.29) is 35.7 Å². The second-order valence-corrected chi connectivity index (χ2v) is 6.94. The van der Waals surface area contributed by atoms with Crippen molar-refractivity contribution in [3.05, 3.63) is 60.1 Å². The van der Waals surface area contributed by atoms with Crippen LogP contribution in [0.3, 0.4) is 0 Å². The van der Waals surface area contributed by atoms with E-state index in [9.17, 15) is 8.78 Å². The van der Waals surface area contributed by atoms with Gasteiger partial charge in [-0.1, -0.05) is 12.1 Å². The van der Waals surface area contributed by atoms with Crippen LogP contribution >= 0.6 is 24.0 Å². The molecule has 2 aromatic heterocycles. The molecular weight excluding hydrogens is 503 g/mol. The summed E-state index contributed by atoms with van der Waals surface area (Å²) in [6.07, 6.45) is 3.39. The summed E-state index contributed by atoms with van der Waals surface area (Å²) in [5.41, 5.74) is 0.856. The standard InChI is InChI=1S/C20H23F2N7.HI/c1-23-20(24-10-8-18-27-26-17-7-2-3-11-29(17)18)25-14-9-12-28(13-14)19-15(21)5-4-6-16(19)22;/h2-7,11,14H,8-10,12-13H2,1H3,(H2,23,24,25);1H. The van der Waals surface area contributed by atoms with Crippen molar-refractivity contribution in [2.75, 3.05) is 31.6 Å². The lowest BCUT2D eigenvalue weighted by Gasteiger charge is -2.21. The third-order valence-corrected chi connectivity index (χ3v) is 5.03. The summed E-state index contributed by atoms with van der Waals surface area (Å²) < 4.78 is 30.0. The Bertz CT molecular complexity index is 1000. The normalized spacial score (nSPS) is 16.6. The number of fused-ring (bicyclic) bond motifs is 1. The summed E-state index contributed by atoms with van der Waals surface area (Å²) >= 11 is 0. The van der Waals surface area contributed by atoms with Gasteiger partial charge in [0.1, 0.15) is 23.1 Å². The van der Waals surface area contributed by atoms with Crippen molar-refractivity contribution >= 4 is 41.3 Å². The van der Waals surface area contributed by atoms with Gasteiger partial charge in [-0.2, -0.15) is 0 Å². The second kappa shape index (κ2) is 10.0. The third kappa shape index (κ3) is 4.79. The molecule has 1 aromatic carbocycles. The smallest absolute Gasteiger partial charge is 0.191 e. The number of nitrogens with one attached hydrogen (secondary N) is 2. The Labute approximate surface area is 190 Å². The van der Waals surface area contributed by atoms with Crippen molar-refractivity contribution in [3.63, 3.8) is 0 Å². The van der Waals surface area contributed by atoms with Gasteiger partial charge in [-0.3, -0.25) is 9.39 Å². The molecule has 30 heavy (non-hydrogen) atoms. The highest BCUT2D eigenvalue weighted by atomic mass is 127. The predicted octanol–water partition coefficient (Wildman–Crippen LogP) is 2.61. The van der Waals surface area contributed by atoms with Crippen molar-refractivity contribution in [2.24, 2.45) is 4.99 Å². The first-order chi connectivity index (χ1) is 14.2. The summed E-state index contributed by atoms with van der Waals surface area (Å²) in [4.78, 5) is 5.98. The summed E-state index contributed by atoms with van der Waals surface area (Å²) in [7, 11) is 1.70. The Kier molecular flexibility index (Phi) is 7.40. The van der Waals surface area contributed by atoms with E-state index in [1.165, 1.54) is 18.2 Å². The molecule has 1 aliphatic heterocycles. The fraction of sp³-hybridized carbons (Fsp3) is 0.350. The van der Waals surface area contributed by atoms with Gasteiger partial charge in [-0.15, -0.1) is 34.2 Å². The number of para-hydroxylation sites is 1. The van der Waals surface area contributed by atoms with Crippen LogP contribution in [-0.4, -0.2) is 53.3 Å². The molecule has 0 radical (unpaired) electrons. The van der Waals surface area contributed by atoms with Gasteiger partial charge in [0.25, 0.3) is 0 Å². The van der Waals surface area contributed by atoms with Crippen LogP contribution in [-0.2, 0) is 6.42 Å². The summed E-state index contributed by atoms with van der Waals surface area (Å²) in [5, 5.41) is 15.0. The van der Waals surface area contributed by atoms with Gasteiger partial charge in [0, 0.05) is 45.3 Å². The minimum Gasteiger partial charge on any atom is -0.365 e. The van der Waals surface area contributed by atoms with E-state index < -0.39 is 11.6 Å². The van der Waals surface area contributed by atoms with E-state index in [0.29, 0.717) is 32.0 Å². The molecule has 10 heteroatoms. The predicted molar refractivity (Wildman–Crippen MR) is 124 cm³/mol. The molecule has 2 N–H and O–H groups in total. The lowest BCUT2D eigenvalue weighted by atomic mass is 10.2. The minimum absolute atomic E-state index is 0. The number of halogens is 3. The largest absolute Gasteiger partial charge is 0.365 e. The topological polar surface area (TPSA) is 69.8 Å². The molecule has 0 saturated carbocycles. The third-order valence-electron chi connectivity index (χ3n) is 5.03. The first-order valence-corrected chi connectivity index (χ1v) is 9.60. The molecule has 3 heterocycles. The Morgan fingerprint density at radius 2 is 1.97 bits per heavy atom. The lowest BCUT2D eigenvalue weighted by molar-refractivity contribution is 0.576. The van der Waals surface area contributed by atoms with Crippen LogP contribution in [0.4, 0.5) is 14.5 Å². The van der Waals surface area contributed by atoms with Gasteiger partial charge < -0.3 is 15.5 Å². The van der Waals surface area contributed by atoms with Crippen LogP contribution in [0.1, 0.15) is 12.2 Å². The van der Waals surface area contributed by atoms with E-state index in [1.807, 2.05) is 28.8 Å². The highest BCUT2D eigenvalue weighted by Crippen LogP contribution is 2.26. The number of pyridine rings is 1. The quantitative estimate of drug-likeness (QED) is 0.304.